The number of halogens is 5. The van der Waals surface area contributed by atoms with Gasteiger partial charge in [0.2, 0.25) is 5.88 Å². The molecule has 0 atom stereocenters. The minimum atomic E-state index is -4.63. The Morgan fingerprint density at radius 2 is 1.92 bits per heavy atom. The van der Waals surface area contributed by atoms with E-state index in [0.717, 1.165) is 24.3 Å². The van der Waals surface area contributed by atoms with Crippen molar-refractivity contribution in [2.24, 2.45) is 0 Å². The summed E-state index contributed by atoms with van der Waals surface area (Å²) >= 11 is 12.1. The third-order valence-corrected chi connectivity index (χ3v) is 5.78. The second-order valence-electron chi connectivity index (χ2n) is 7.90. The number of nitrogens with zero attached hydrogens (tertiary/aromatic N) is 3. The Morgan fingerprint density at radius 1 is 1.16 bits per heavy atom. The van der Waals surface area contributed by atoms with Gasteiger partial charge in [0.1, 0.15) is 28.6 Å². The second-order valence-corrected chi connectivity index (χ2v) is 8.74. The van der Waals surface area contributed by atoms with E-state index in [0.29, 0.717) is 10.6 Å². The average Bonchev–Trinajstić information content (AvgIpc) is 2.86. The third kappa shape index (κ3) is 5.64. The van der Waals surface area contributed by atoms with Crippen LogP contribution in [0.1, 0.15) is 16.7 Å². The van der Waals surface area contributed by atoms with Crippen molar-refractivity contribution in [3.05, 3.63) is 103 Å². The normalized spacial score (nSPS) is 11.8. The zero-order valence-corrected chi connectivity index (χ0v) is 20.8. The molecule has 0 aliphatic carbocycles. The van der Waals surface area contributed by atoms with Gasteiger partial charge in [-0.1, -0.05) is 35.3 Å². The largest absolute Gasteiger partial charge is 0.437 e. The van der Waals surface area contributed by atoms with Gasteiger partial charge in [-0.3, -0.25) is 14.0 Å². The topological polar surface area (TPSA) is 96.5 Å². The third-order valence-electron chi connectivity index (χ3n) is 5.25. The van der Waals surface area contributed by atoms with E-state index in [4.69, 9.17) is 27.9 Å². The Labute approximate surface area is 223 Å². The van der Waals surface area contributed by atoms with Crippen LogP contribution in [0.15, 0.2) is 71.2 Å². The number of carbonyl (C=O) groups is 1. The molecule has 7 nitrogen and oxygen atoms in total. The Bertz CT molecular complexity index is 1710. The highest BCUT2D eigenvalue weighted by atomic mass is 35.5. The van der Waals surface area contributed by atoms with E-state index in [-0.39, 0.29) is 33.6 Å². The first-order chi connectivity index (χ1) is 18.0. The van der Waals surface area contributed by atoms with Crippen LogP contribution < -0.4 is 15.6 Å². The van der Waals surface area contributed by atoms with Crippen LogP contribution in [0, 0.1) is 18.3 Å². The van der Waals surface area contributed by atoms with Crippen LogP contribution in [0.5, 0.6) is 11.6 Å². The van der Waals surface area contributed by atoms with Crippen molar-refractivity contribution in [2.75, 3.05) is 5.32 Å². The van der Waals surface area contributed by atoms with E-state index in [2.05, 4.69) is 10.3 Å². The molecule has 1 amide bonds. The molecule has 0 aliphatic heterocycles. The first-order valence-electron chi connectivity index (χ1n) is 10.7. The van der Waals surface area contributed by atoms with Gasteiger partial charge in [0, 0.05) is 16.9 Å². The van der Waals surface area contributed by atoms with Gasteiger partial charge in [-0.15, -0.1) is 0 Å². The monoisotopic (exact) mass is 558 g/mol. The number of nitrogens with one attached hydrogen (secondary N) is 1. The molecule has 2 aromatic heterocycles. The number of rotatable bonds is 5. The predicted octanol–water partition coefficient (Wildman–Crippen LogP) is 6.67. The van der Waals surface area contributed by atoms with Gasteiger partial charge >= 0.3 is 6.18 Å². The van der Waals surface area contributed by atoms with Crippen molar-refractivity contribution < 1.29 is 22.7 Å². The molecule has 0 spiro atoms. The van der Waals surface area contributed by atoms with Crippen LogP contribution in [0.3, 0.4) is 0 Å². The molecule has 38 heavy (non-hydrogen) atoms. The molecule has 4 aromatic rings. The molecular weight excluding hydrogens is 544 g/mol. The summed E-state index contributed by atoms with van der Waals surface area (Å²) in [5, 5.41) is 12.3. The lowest BCUT2D eigenvalue weighted by atomic mass is 10.1. The zero-order valence-electron chi connectivity index (χ0n) is 19.3. The van der Waals surface area contributed by atoms with E-state index in [1.54, 1.807) is 25.1 Å². The van der Waals surface area contributed by atoms with Gasteiger partial charge in [0.25, 0.3) is 11.5 Å². The number of aryl methyl sites for hydroxylation is 1. The average molecular weight is 559 g/mol. The lowest BCUT2D eigenvalue weighted by Crippen LogP contribution is -2.21. The molecule has 0 bridgehead atoms. The van der Waals surface area contributed by atoms with Crippen LogP contribution >= 0.6 is 23.2 Å². The van der Waals surface area contributed by atoms with E-state index in [1.807, 2.05) is 0 Å². The second kappa shape index (κ2) is 10.6. The van der Waals surface area contributed by atoms with Gasteiger partial charge in [-0.25, -0.2) is 0 Å². The van der Waals surface area contributed by atoms with Crippen molar-refractivity contribution in [2.45, 2.75) is 13.1 Å². The quantitative estimate of drug-likeness (QED) is 0.218. The van der Waals surface area contributed by atoms with Crippen molar-refractivity contribution in [3.63, 3.8) is 0 Å². The Hall–Kier alpha value is -4.33. The number of hydrogen-bond donors (Lipinski definition) is 1. The molecule has 2 aromatic carbocycles. The smallest absolute Gasteiger partial charge is 0.416 e. The molecule has 4 rings (SSSR count). The van der Waals surface area contributed by atoms with Crippen LogP contribution in [0.25, 0.3) is 11.7 Å². The molecule has 0 saturated heterocycles. The fraction of sp³-hybridized carbons (Fsp3) is 0.0769. The van der Waals surface area contributed by atoms with Crippen LogP contribution in [0.4, 0.5) is 18.9 Å². The lowest BCUT2D eigenvalue weighted by molar-refractivity contribution is -0.137. The predicted molar refractivity (Wildman–Crippen MR) is 136 cm³/mol. The number of ether oxygens (including phenoxy) is 1. The number of alkyl halides is 3. The number of hydrogen-bond acceptors (Lipinski definition) is 5. The van der Waals surface area contributed by atoms with E-state index >= 15 is 0 Å². The first kappa shape index (κ1) is 26.7. The summed E-state index contributed by atoms with van der Waals surface area (Å²) in [6.45, 7) is 1.72. The lowest BCUT2D eigenvalue weighted by Gasteiger charge is -2.13. The summed E-state index contributed by atoms with van der Waals surface area (Å²) in [5.41, 5.74) is -1.81. The highest BCUT2D eigenvalue weighted by Crippen LogP contribution is 2.33. The summed E-state index contributed by atoms with van der Waals surface area (Å²) in [6.07, 6.45) is -2.23. The number of carbonyl (C=O) groups excluding carboxylic acids is 1. The molecule has 0 radical (unpaired) electrons. The maximum Gasteiger partial charge on any atom is 0.416 e. The SMILES string of the molecule is Cc1cccn2c(=O)c(/C=C(/C#N)C(=O)Nc3cccc(C(F)(F)F)c3)c(Oc3ccc(Cl)cc3Cl)nc12. The number of aromatic nitrogens is 2. The fourth-order valence-electron chi connectivity index (χ4n) is 3.42. The highest BCUT2D eigenvalue weighted by molar-refractivity contribution is 6.35. The summed E-state index contributed by atoms with van der Waals surface area (Å²) in [7, 11) is 0. The molecule has 0 saturated carbocycles. The summed E-state index contributed by atoms with van der Waals surface area (Å²) in [6, 6.07) is 13.3. The molecule has 0 fully saturated rings. The van der Waals surface area contributed by atoms with Crippen LogP contribution in [0.2, 0.25) is 10.0 Å². The van der Waals surface area contributed by atoms with Crippen molar-refractivity contribution in [3.8, 4) is 17.7 Å². The van der Waals surface area contributed by atoms with Crippen LogP contribution in [-0.2, 0) is 11.0 Å². The summed E-state index contributed by atoms with van der Waals surface area (Å²) < 4.78 is 46.1. The van der Waals surface area contributed by atoms with Crippen molar-refractivity contribution >= 4 is 46.5 Å². The fourth-order valence-corrected chi connectivity index (χ4v) is 3.87. The molecule has 12 heteroatoms. The standard InChI is InChI=1S/C26H15Cl2F3N4O3/c1-14-4-3-9-35-22(14)34-24(38-21-8-7-17(27)12-20(21)28)19(25(35)37)10-15(13-32)23(36)33-18-6-2-5-16(11-18)26(29,30)31/h2-12H,1H3,(H,33,36)/b15-10-. The van der Waals surface area contributed by atoms with Crippen LogP contribution in [-0.4, -0.2) is 15.3 Å². The highest BCUT2D eigenvalue weighted by Gasteiger charge is 2.30. The number of amides is 1. The number of benzene rings is 2. The summed E-state index contributed by atoms with van der Waals surface area (Å²) in [4.78, 5) is 30.6. The minimum Gasteiger partial charge on any atom is -0.437 e. The maximum absolute atomic E-state index is 13.4. The molecular formula is C26H15Cl2F3N4O3. The zero-order chi connectivity index (χ0) is 27.6. The Balaban J connectivity index is 1.81. The van der Waals surface area contributed by atoms with Gasteiger partial charge in [0.05, 0.1) is 10.6 Å². The molecule has 0 unspecified atom stereocenters. The summed E-state index contributed by atoms with van der Waals surface area (Å²) in [5.74, 6) is -1.20. The van der Waals surface area contributed by atoms with E-state index in [1.165, 1.54) is 34.9 Å². The number of pyridine rings is 1. The van der Waals surface area contributed by atoms with Gasteiger partial charge in [-0.05, 0) is 61.0 Å². The Morgan fingerprint density at radius 3 is 2.61 bits per heavy atom. The van der Waals surface area contributed by atoms with E-state index < -0.39 is 28.8 Å². The number of anilines is 1. The van der Waals surface area contributed by atoms with Gasteiger partial charge in [0.15, 0.2) is 0 Å². The van der Waals surface area contributed by atoms with Crippen molar-refractivity contribution in [1.29, 1.82) is 5.26 Å². The van der Waals surface area contributed by atoms with Gasteiger partial charge in [-0.2, -0.15) is 23.4 Å². The molecule has 0 aliphatic rings. The molecule has 1 N–H and O–H groups in total. The van der Waals surface area contributed by atoms with Gasteiger partial charge < -0.3 is 10.1 Å². The van der Waals surface area contributed by atoms with Crippen molar-refractivity contribution in [1.82, 2.24) is 9.38 Å². The Kier molecular flexibility index (Phi) is 7.44. The number of nitriles is 1. The first-order valence-corrected chi connectivity index (χ1v) is 11.5. The van der Waals surface area contributed by atoms with E-state index in [9.17, 15) is 28.0 Å². The number of fused-ring (bicyclic) bond motifs is 1. The minimum absolute atomic E-state index is 0.0995. The molecule has 192 valence electrons. The maximum atomic E-state index is 13.4. The molecule has 2 heterocycles.